The summed E-state index contributed by atoms with van der Waals surface area (Å²) in [6.45, 7) is 3.91. The minimum absolute atomic E-state index is 0.0306. The summed E-state index contributed by atoms with van der Waals surface area (Å²) in [6.07, 6.45) is 0. The van der Waals surface area contributed by atoms with Crippen molar-refractivity contribution in [1.29, 1.82) is 0 Å². The highest BCUT2D eigenvalue weighted by molar-refractivity contribution is 9.10. The molecule has 1 N–H and O–H groups in total. The number of rotatable bonds is 4. The monoisotopic (exact) mass is 353 g/mol. The summed E-state index contributed by atoms with van der Waals surface area (Å²) in [4.78, 5) is 12.9. The van der Waals surface area contributed by atoms with E-state index < -0.39 is 0 Å². The molecule has 1 atom stereocenters. The smallest absolute Gasteiger partial charge is 0.262 e. The number of amides is 1. The minimum Gasteiger partial charge on any atom is -0.496 e. The number of carbonyl (C=O) groups excluding carboxylic acids is 1. The Labute approximate surface area is 131 Å². The Morgan fingerprint density at radius 1 is 1.40 bits per heavy atom. The van der Waals surface area contributed by atoms with Crippen LogP contribution in [0.5, 0.6) is 5.75 Å². The zero-order valence-corrected chi connectivity index (χ0v) is 14.0. The second-order valence-corrected chi connectivity index (χ2v) is 6.29. The van der Waals surface area contributed by atoms with Crippen LogP contribution in [-0.2, 0) is 0 Å². The van der Waals surface area contributed by atoms with Crippen molar-refractivity contribution in [2.75, 3.05) is 7.11 Å². The summed E-state index contributed by atoms with van der Waals surface area (Å²) in [6, 6.07) is 7.69. The molecule has 1 amide bonds. The third-order valence-corrected chi connectivity index (χ3v) is 4.73. The SMILES string of the molecule is COc1ccc(C(C)NC(=O)c2sccc2C)cc1Br. The lowest BCUT2D eigenvalue weighted by Gasteiger charge is -2.15. The van der Waals surface area contributed by atoms with E-state index in [1.54, 1.807) is 7.11 Å². The van der Waals surface area contributed by atoms with E-state index in [4.69, 9.17) is 4.74 Å². The van der Waals surface area contributed by atoms with Gasteiger partial charge < -0.3 is 10.1 Å². The van der Waals surface area contributed by atoms with Crippen molar-refractivity contribution in [1.82, 2.24) is 5.32 Å². The Morgan fingerprint density at radius 3 is 2.70 bits per heavy atom. The lowest BCUT2D eigenvalue weighted by atomic mass is 10.1. The second kappa shape index (κ2) is 6.41. The molecule has 0 spiro atoms. The molecular formula is C15H16BrNO2S. The van der Waals surface area contributed by atoms with Crippen LogP contribution in [0.3, 0.4) is 0 Å². The highest BCUT2D eigenvalue weighted by Gasteiger charge is 2.15. The number of benzene rings is 1. The molecule has 106 valence electrons. The highest BCUT2D eigenvalue weighted by atomic mass is 79.9. The zero-order chi connectivity index (χ0) is 14.7. The first-order valence-corrected chi connectivity index (χ1v) is 7.88. The maximum absolute atomic E-state index is 12.2. The lowest BCUT2D eigenvalue weighted by Crippen LogP contribution is -2.26. The molecule has 0 fully saturated rings. The van der Waals surface area contributed by atoms with Gasteiger partial charge in [0.25, 0.3) is 5.91 Å². The molecule has 0 radical (unpaired) electrons. The van der Waals surface area contributed by atoms with Gasteiger partial charge in [-0.1, -0.05) is 6.07 Å². The fourth-order valence-electron chi connectivity index (χ4n) is 1.90. The van der Waals surface area contributed by atoms with Gasteiger partial charge in [-0.15, -0.1) is 11.3 Å². The zero-order valence-electron chi connectivity index (χ0n) is 11.6. The third kappa shape index (κ3) is 3.22. The van der Waals surface area contributed by atoms with E-state index in [2.05, 4.69) is 21.2 Å². The summed E-state index contributed by atoms with van der Waals surface area (Å²) >= 11 is 4.92. The van der Waals surface area contributed by atoms with Gasteiger partial charge >= 0.3 is 0 Å². The largest absolute Gasteiger partial charge is 0.496 e. The predicted octanol–water partition coefficient (Wildman–Crippen LogP) is 4.32. The number of hydrogen-bond acceptors (Lipinski definition) is 3. The van der Waals surface area contributed by atoms with E-state index >= 15 is 0 Å². The van der Waals surface area contributed by atoms with Crippen molar-refractivity contribution in [3.8, 4) is 5.75 Å². The molecule has 0 aliphatic heterocycles. The molecule has 20 heavy (non-hydrogen) atoms. The average Bonchev–Trinajstić information content (AvgIpc) is 2.84. The van der Waals surface area contributed by atoms with Gasteiger partial charge in [0.05, 0.1) is 22.5 Å². The first-order valence-electron chi connectivity index (χ1n) is 6.21. The molecule has 0 saturated carbocycles. The molecule has 1 aromatic carbocycles. The first kappa shape index (κ1) is 15.1. The van der Waals surface area contributed by atoms with E-state index in [0.717, 1.165) is 26.2 Å². The van der Waals surface area contributed by atoms with Gasteiger partial charge in [-0.05, 0) is 64.5 Å². The Balaban J connectivity index is 2.12. The minimum atomic E-state index is -0.0637. The Bertz CT molecular complexity index is 624. The number of aryl methyl sites for hydroxylation is 1. The molecule has 0 bridgehead atoms. The van der Waals surface area contributed by atoms with Gasteiger partial charge in [0.1, 0.15) is 5.75 Å². The summed E-state index contributed by atoms with van der Waals surface area (Å²) in [5.41, 5.74) is 2.04. The van der Waals surface area contributed by atoms with E-state index in [9.17, 15) is 4.79 Å². The normalized spacial score (nSPS) is 12.0. The van der Waals surface area contributed by atoms with Crippen LogP contribution in [0, 0.1) is 6.92 Å². The standard InChI is InChI=1S/C15H16BrNO2S/c1-9-6-7-20-14(9)15(18)17-10(2)11-4-5-13(19-3)12(16)8-11/h4-8,10H,1-3H3,(H,17,18). The van der Waals surface area contributed by atoms with E-state index in [1.807, 2.05) is 43.5 Å². The van der Waals surface area contributed by atoms with Gasteiger partial charge in [0.2, 0.25) is 0 Å². The van der Waals surface area contributed by atoms with Crippen LogP contribution < -0.4 is 10.1 Å². The molecule has 0 saturated heterocycles. The summed E-state index contributed by atoms with van der Waals surface area (Å²) in [5.74, 6) is 0.748. The van der Waals surface area contributed by atoms with Gasteiger partial charge in [-0.2, -0.15) is 0 Å². The first-order chi connectivity index (χ1) is 9.52. The predicted molar refractivity (Wildman–Crippen MR) is 85.6 cm³/mol. The number of thiophene rings is 1. The molecular weight excluding hydrogens is 338 g/mol. The van der Waals surface area contributed by atoms with Crippen LogP contribution in [0.2, 0.25) is 0 Å². The highest BCUT2D eigenvalue weighted by Crippen LogP contribution is 2.28. The summed E-state index contributed by atoms with van der Waals surface area (Å²) < 4.78 is 6.08. The summed E-state index contributed by atoms with van der Waals surface area (Å²) in [7, 11) is 1.63. The number of methoxy groups -OCH3 is 1. The molecule has 3 nitrogen and oxygen atoms in total. The van der Waals surface area contributed by atoms with Crippen LogP contribution >= 0.6 is 27.3 Å². The van der Waals surface area contributed by atoms with E-state index in [0.29, 0.717) is 0 Å². The van der Waals surface area contributed by atoms with Crippen LogP contribution in [0.15, 0.2) is 34.1 Å². The van der Waals surface area contributed by atoms with Gasteiger partial charge in [0, 0.05) is 0 Å². The number of nitrogens with one attached hydrogen (secondary N) is 1. The van der Waals surface area contributed by atoms with Crippen molar-refractivity contribution >= 4 is 33.2 Å². The van der Waals surface area contributed by atoms with E-state index in [1.165, 1.54) is 11.3 Å². The second-order valence-electron chi connectivity index (χ2n) is 4.52. The Kier molecular flexibility index (Phi) is 4.83. The van der Waals surface area contributed by atoms with Crippen molar-refractivity contribution in [3.63, 3.8) is 0 Å². The van der Waals surface area contributed by atoms with Crippen LogP contribution in [0.4, 0.5) is 0 Å². The van der Waals surface area contributed by atoms with Crippen LogP contribution in [0.1, 0.15) is 33.8 Å². The molecule has 5 heteroatoms. The topological polar surface area (TPSA) is 38.3 Å². The molecule has 1 aromatic heterocycles. The van der Waals surface area contributed by atoms with Crippen molar-refractivity contribution < 1.29 is 9.53 Å². The van der Waals surface area contributed by atoms with Crippen LogP contribution in [0.25, 0.3) is 0 Å². The van der Waals surface area contributed by atoms with Crippen molar-refractivity contribution in [2.24, 2.45) is 0 Å². The maximum Gasteiger partial charge on any atom is 0.262 e. The number of ether oxygens (including phenoxy) is 1. The Morgan fingerprint density at radius 2 is 2.15 bits per heavy atom. The molecule has 1 unspecified atom stereocenters. The average molecular weight is 354 g/mol. The molecule has 1 heterocycles. The molecule has 0 aliphatic carbocycles. The van der Waals surface area contributed by atoms with Gasteiger partial charge in [-0.3, -0.25) is 4.79 Å². The fraction of sp³-hybridized carbons (Fsp3) is 0.267. The fourth-order valence-corrected chi connectivity index (χ4v) is 3.29. The Hall–Kier alpha value is -1.33. The third-order valence-electron chi connectivity index (χ3n) is 3.09. The lowest BCUT2D eigenvalue weighted by molar-refractivity contribution is 0.0943. The van der Waals surface area contributed by atoms with Crippen molar-refractivity contribution in [3.05, 3.63) is 50.1 Å². The molecule has 2 aromatic rings. The number of hydrogen-bond donors (Lipinski definition) is 1. The number of halogens is 1. The molecule has 0 aliphatic rings. The quantitative estimate of drug-likeness (QED) is 0.888. The summed E-state index contributed by atoms with van der Waals surface area (Å²) in [5, 5.41) is 4.94. The number of carbonyl (C=O) groups is 1. The van der Waals surface area contributed by atoms with Crippen molar-refractivity contribution in [2.45, 2.75) is 19.9 Å². The van der Waals surface area contributed by atoms with Gasteiger partial charge in [-0.25, -0.2) is 0 Å². The molecule has 2 rings (SSSR count). The maximum atomic E-state index is 12.2. The van der Waals surface area contributed by atoms with Gasteiger partial charge in [0.15, 0.2) is 0 Å². The van der Waals surface area contributed by atoms with E-state index in [-0.39, 0.29) is 11.9 Å². The van der Waals surface area contributed by atoms with Crippen LogP contribution in [-0.4, -0.2) is 13.0 Å².